The van der Waals surface area contributed by atoms with Gasteiger partial charge in [0.05, 0.1) is 5.69 Å². The topological polar surface area (TPSA) is 16.4 Å². The third-order valence-electron chi connectivity index (χ3n) is 9.26. The Balaban J connectivity index is 1.12. The fourth-order valence-corrected chi connectivity index (χ4v) is 6.84. The average Bonchev–Trinajstić information content (AvgIpc) is 3.52. The second-order valence-corrected chi connectivity index (χ2v) is 12.2. The van der Waals surface area contributed by atoms with Crippen molar-refractivity contribution in [1.29, 1.82) is 0 Å². The summed E-state index contributed by atoms with van der Waals surface area (Å²) in [5.74, 6) is 0. The van der Waals surface area contributed by atoms with Crippen LogP contribution in [0, 0.1) is 0 Å². The fourth-order valence-electron chi connectivity index (χ4n) is 6.84. The normalized spacial score (nSPS) is 11.3. The van der Waals surface area contributed by atoms with Gasteiger partial charge in [-0.25, -0.2) is 0 Å². The summed E-state index contributed by atoms with van der Waals surface area (Å²) in [6.07, 6.45) is 0. The van der Waals surface area contributed by atoms with E-state index in [1.807, 2.05) is 12.1 Å². The second kappa shape index (κ2) is 11.8. The number of fused-ring (bicyclic) bond motifs is 4. The van der Waals surface area contributed by atoms with Crippen LogP contribution in [0.25, 0.3) is 66.1 Å². The summed E-state index contributed by atoms with van der Waals surface area (Å²) in [5.41, 5.74) is 12.3. The van der Waals surface area contributed by atoms with Crippen molar-refractivity contribution >= 4 is 49.8 Å². The van der Waals surface area contributed by atoms with E-state index in [2.05, 4.69) is 181 Å². The Morgan fingerprint density at radius 2 is 0.896 bits per heavy atom. The van der Waals surface area contributed by atoms with Gasteiger partial charge in [-0.2, -0.15) is 0 Å². The Bertz CT molecular complexity index is 2530. The predicted molar refractivity (Wildman–Crippen MR) is 202 cm³/mol. The molecule has 226 valence electrons. The maximum atomic E-state index is 6.20. The highest BCUT2D eigenvalue weighted by Gasteiger charge is 2.17. The predicted octanol–water partition coefficient (Wildman–Crippen LogP) is 13.2. The first kappa shape index (κ1) is 27.9. The minimum atomic E-state index is 0.919. The zero-order valence-electron chi connectivity index (χ0n) is 26.3. The SMILES string of the molecule is c1ccc(-c2ccc(N(c3ccc(-c4ccc5cc6c(cc5c4)oc4ccccc46)cc3)c3ccccc3-c3ccccc3)cc2)cc1. The van der Waals surface area contributed by atoms with Crippen molar-refractivity contribution in [3.05, 3.63) is 188 Å². The Morgan fingerprint density at radius 3 is 1.62 bits per heavy atom. The largest absolute Gasteiger partial charge is 0.456 e. The van der Waals surface area contributed by atoms with E-state index in [-0.39, 0.29) is 0 Å². The number of furan rings is 1. The van der Waals surface area contributed by atoms with Crippen LogP contribution in [-0.4, -0.2) is 0 Å². The highest BCUT2D eigenvalue weighted by molar-refractivity contribution is 6.10. The molecular formula is C46H31NO. The van der Waals surface area contributed by atoms with Gasteiger partial charge in [0.25, 0.3) is 0 Å². The molecule has 9 rings (SSSR count). The monoisotopic (exact) mass is 613 g/mol. The molecule has 0 aliphatic rings. The first-order valence-electron chi connectivity index (χ1n) is 16.3. The molecule has 0 atom stereocenters. The molecule has 0 spiro atoms. The van der Waals surface area contributed by atoms with Crippen LogP contribution in [0.4, 0.5) is 17.1 Å². The molecule has 0 radical (unpaired) electrons. The lowest BCUT2D eigenvalue weighted by Gasteiger charge is -2.28. The van der Waals surface area contributed by atoms with E-state index in [9.17, 15) is 0 Å². The van der Waals surface area contributed by atoms with Gasteiger partial charge >= 0.3 is 0 Å². The number of benzene rings is 8. The van der Waals surface area contributed by atoms with Crippen molar-refractivity contribution in [2.75, 3.05) is 4.90 Å². The van der Waals surface area contributed by atoms with Crippen molar-refractivity contribution in [2.45, 2.75) is 0 Å². The lowest BCUT2D eigenvalue weighted by molar-refractivity contribution is 0.669. The van der Waals surface area contributed by atoms with Gasteiger partial charge in [-0.15, -0.1) is 0 Å². The summed E-state index contributed by atoms with van der Waals surface area (Å²) >= 11 is 0. The molecule has 9 aromatic rings. The van der Waals surface area contributed by atoms with Gasteiger partial charge in [0.15, 0.2) is 0 Å². The number of anilines is 3. The van der Waals surface area contributed by atoms with Crippen LogP contribution in [0.3, 0.4) is 0 Å². The van der Waals surface area contributed by atoms with Crippen molar-refractivity contribution in [3.63, 3.8) is 0 Å². The Hall–Kier alpha value is -6.38. The number of nitrogens with zero attached hydrogens (tertiary/aromatic N) is 1. The highest BCUT2D eigenvalue weighted by Crippen LogP contribution is 2.42. The van der Waals surface area contributed by atoms with Crippen LogP contribution in [0.2, 0.25) is 0 Å². The van der Waals surface area contributed by atoms with Gasteiger partial charge in [0.2, 0.25) is 0 Å². The number of hydrogen-bond acceptors (Lipinski definition) is 2. The number of hydrogen-bond donors (Lipinski definition) is 0. The van der Waals surface area contributed by atoms with Crippen molar-refractivity contribution in [1.82, 2.24) is 0 Å². The van der Waals surface area contributed by atoms with Crippen LogP contribution in [-0.2, 0) is 0 Å². The van der Waals surface area contributed by atoms with E-state index < -0.39 is 0 Å². The molecule has 1 heterocycles. The molecule has 0 amide bonds. The van der Waals surface area contributed by atoms with Crippen LogP contribution < -0.4 is 4.90 Å². The summed E-state index contributed by atoms with van der Waals surface area (Å²) < 4.78 is 6.20. The van der Waals surface area contributed by atoms with E-state index in [4.69, 9.17) is 4.42 Å². The Morgan fingerprint density at radius 1 is 0.333 bits per heavy atom. The molecule has 0 unspecified atom stereocenters. The fraction of sp³-hybridized carbons (Fsp3) is 0. The second-order valence-electron chi connectivity index (χ2n) is 12.2. The maximum absolute atomic E-state index is 6.20. The number of para-hydroxylation sites is 2. The van der Waals surface area contributed by atoms with Gasteiger partial charge in [-0.1, -0.05) is 133 Å². The van der Waals surface area contributed by atoms with E-state index in [1.54, 1.807) is 0 Å². The summed E-state index contributed by atoms with van der Waals surface area (Å²) in [6.45, 7) is 0. The van der Waals surface area contributed by atoms with Crippen molar-refractivity contribution < 1.29 is 4.42 Å². The summed E-state index contributed by atoms with van der Waals surface area (Å²) in [5, 5.41) is 4.68. The zero-order valence-corrected chi connectivity index (χ0v) is 26.3. The molecule has 8 aromatic carbocycles. The molecule has 2 nitrogen and oxygen atoms in total. The van der Waals surface area contributed by atoms with Crippen LogP contribution >= 0.6 is 0 Å². The Labute approximate surface area is 279 Å². The van der Waals surface area contributed by atoms with Gasteiger partial charge in [0, 0.05) is 27.7 Å². The lowest BCUT2D eigenvalue weighted by Crippen LogP contribution is -2.11. The van der Waals surface area contributed by atoms with Crippen molar-refractivity contribution in [3.8, 4) is 33.4 Å². The van der Waals surface area contributed by atoms with Gasteiger partial charge in [0.1, 0.15) is 11.2 Å². The van der Waals surface area contributed by atoms with E-state index in [1.165, 1.54) is 44.2 Å². The molecule has 0 N–H and O–H groups in total. The molecule has 0 saturated carbocycles. The van der Waals surface area contributed by atoms with Crippen LogP contribution in [0.1, 0.15) is 0 Å². The molecule has 0 aliphatic carbocycles. The quantitative estimate of drug-likeness (QED) is 0.185. The van der Waals surface area contributed by atoms with Crippen LogP contribution in [0.15, 0.2) is 192 Å². The molecule has 48 heavy (non-hydrogen) atoms. The van der Waals surface area contributed by atoms with Crippen LogP contribution in [0.5, 0.6) is 0 Å². The lowest BCUT2D eigenvalue weighted by atomic mass is 9.98. The molecule has 0 saturated heterocycles. The maximum Gasteiger partial charge on any atom is 0.136 e. The first-order valence-corrected chi connectivity index (χ1v) is 16.3. The zero-order chi connectivity index (χ0) is 31.9. The summed E-state index contributed by atoms with van der Waals surface area (Å²) in [6, 6.07) is 67.0. The molecule has 0 fully saturated rings. The van der Waals surface area contributed by atoms with Gasteiger partial charge < -0.3 is 9.32 Å². The molecule has 0 bridgehead atoms. The average molecular weight is 614 g/mol. The number of rotatable bonds is 6. The van der Waals surface area contributed by atoms with Gasteiger partial charge in [-0.3, -0.25) is 0 Å². The molecule has 2 heteroatoms. The van der Waals surface area contributed by atoms with E-state index in [0.29, 0.717) is 0 Å². The van der Waals surface area contributed by atoms with E-state index >= 15 is 0 Å². The van der Waals surface area contributed by atoms with Crippen molar-refractivity contribution in [2.24, 2.45) is 0 Å². The van der Waals surface area contributed by atoms with E-state index in [0.717, 1.165) is 39.0 Å². The standard InChI is InChI=1S/C46H31NO/c1-3-11-32(12-4-1)33-21-25-39(26-22-33)47(44-17-9-7-15-41(44)35-13-5-2-6-14-35)40-27-23-34(24-28-40)36-19-20-37-30-43-42-16-8-10-18-45(42)48-46(43)31-38(37)29-36/h1-31H. The summed E-state index contributed by atoms with van der Waals surface area (Å²) in [7, 11) is 0. The molecule has 0 aliphatic heterocycles. The summed E-state index contributed by atoms with van der Waals surface area (Å²) in [4.78, 5) is 2.36. The van der Waals surface area contributed by atoms with Gasteiger partial charge in [-0.05, 0) is 93.2 Å². The molecule has 1 aromatic heterocycles. The smallest absolute Gasteiger partial charge is 0.136 e. The third kappa shape index (κ3) is 5.01. The minimum absolute atomic E-state index is 0.919. The minimum Gasteiger partial charge on any atom is -0.456 e. The first-order chi connectivity index (χ1) is 23.8. The third-order valence-corrected chi connectivity index (χ3v) is 9.26. The molecular weight excluding hydrogens is 583 g/mol. The highest BCUT2D eigenvalue weighted by atomic mass is 16.3. The Kier molecular flexibility index (Phi) is 6.84.